The predicted octanol–water partition coefficient (Wildman–Crippen LogP) is 2.13. The van der Waals surface area contributed by atoms with Crippen LogP contribution in [0.4, 0.5) is 5.00 Å². The number of amides is 2. The fourth-order valence-electron chi connectivity index (χ4n) is 3.23. The predicted molar refractivity (Wildman–Crippen MR) is 116 cm³/mol. The summed E-state index contributed by atoms with van der Waals surface area (Å²) < 4.78 is 32.4. The third-order valence-electron chi connectivity index (χ3n) is 4.87. The highest BCUT2D eigenvalue weighted by atomic mass is 32.2. The zero-order valence-corrected chi connectivity index (χ0v) is 18.6. The molecule has 2 aromatic rings. The SMILES string of the molecule is Cc1ccc(C(=O)OCC(=O)Nc2sccc2C(N)=O)cc1S(=O)(=O)N1CCCCC1. The van der Waals surface area contributed by atoms with Crippen molar-refractivity contribution in [2.45, 2.75) is 31.1 Å². The Labute approximate surface area is 184 Å². The molecule has 1 fully saturated rings. The molecule has 1 aliphatic rings. The van der Waals surface area contributed by atoms with E-state index in [0.29, 0.717) is 18.7 Å². The van der Waals surface area contributed by atoms with Gasteiger partial charge in [-0.15, -0.1) is 11.3 Å². The van der Waals surface area contributed by atoms with E-state index in [1.54, 1.807) is 12.3 Å². The number of carbonyl (C=O) groups is 3. The third kappa shape index (κ3) is 5.30. The van der Waals surface area contributed by atoms with Crippen LogP contribution >= 0.6 is 11.3 Å². The Kier molecular flexibility index (Phi) is 7.08. The van der Waals surface area contributed by atoms with Gasteiger partial charge in [-0.2, -0.15) is 4.31 Å². The maximum Gasteiger partial charge on any atom is 0.338 e. The Morgan fingerprint density at radius 3 is 2.55 bits per heavy atom. The van der Waals surface area contributed by atoms with E-state index in [0.717, 1.165) is 30.6 Å². The average Bonchev–Trinajstić information content (AvgIpc) is 3.21. The summed E-state index contributed by atoms with van der Waals surface area (Å²) in [5, 5.41) is 4.32. The summed E-state index contributed by atoms with van der Waals surface area (Å²) in [4.78, 5) is 35.8. The summed E-state index contributed by atoms with van der Waals surface area (Å²) in [6, 6.07) is 5.75. The van der Waals surface area contributed by atoms with Crippen molar-refractivity contribution in [2.75, 3.05) is 25.0 Å². The van der Waals surface area contributed by atoms with Gasteiger partial charge in [0.05, 0.1) is 16.0 Å². The van der Waals surface area contributed by atoms with Crippen molar-refractivity contribution in [3.05, 3.63) is 46.3 Å². The standard InChI is InChI=1S/C20H23N3O6S2/c1-13-5-6-14(11-16(13)31(27,28)23-8-3-2-4-9-23)20(26)29-12-17(24)22-19-15(18(21)25)7-10-30-19/h5-7,10-11H,2-4,8-9,12H2,1H3,(H2,21,25)(H,22,24). The molecule has 1 aromatic heterocycles. The molecular formula is C20H23N3O6S2. The van der Waals surface area contributed by atoms with Gasteiger partial charge in [-0.1, -0.05) is 12.5 Å². The average molecular weight is 466 g/mol. The fraction of sp³-hybridized carbons (Fsp3) is 0.350. The van der Waals surface area contributed by atoms with Crippen LogP contribution in [0, 0.1) is 6.92 Å². The molecule has 0 saturated carbocycles. The molecule has 0 aliphatic carbocycles. The fourth-order valence-corrected chi connectivity index (χ4v) is 5.80. The number of thiophene rings is 1. The van der Waals surface area contributed by atoms with E-state index in [9.17, 15) is 22.8 Å². The summed E-state index contributed by atoms with van der Waals surface area (Å²) in [6.45, 7) is 1.97. The topological polar surface area (TPSA) is 136 Å². The first-order chi connectivity index (χ1) is 14.7. The molecule has 166 valence electrons. The van der Waals surface area contributed by atoms with Gasteiger partial charge in [0.1, 0.15) is 5.00 Å². The van der Waals surface area contributed by atoms with E-state index >= 15 is 0 Å². The lowest BCUT2D eigenvalue weighted by Gasteiger charge is -2.26. The van der Waals surface area contributed by atoms with Crippen LogP contribution < -0.4 is 11.1 Å². The van der Waals surface area contributed by atoms with Gasteiger partial charge in [-0.25, -0.2) is 13.2 Å². The number of ether oxygens (including phenoxy) is 1. The highest BCUT2D eigenvalue weighted by molar-refractivity contribution is 7.89. The molecule has 2 heterocycles. The molecule has 31 heavy (non-hydrogen) atoms. The molecule has 0 radical (unpaired) electrons. The Bertz CT molecular complexity index is 1100. The number of hydrogen-bond acceptors (Lipinski definition) is 7. The number of nitrogens with one attached hydrogen (secondary N) is 1. The van der Waals surface area contributed by atoms with Crippen molar-refractivity contribution in [1.82, 2.24) is 4.31 Å². The quantitative estimate of drug-likeness (QED) is 0.601. The first kappa shape index (κ1) is 22.9. The van der Waals surface area contributed by atoms with Crippen LogP contribution in [0.5, 0.6) is 0 Å². The number of carbonyl (C=O) groups excluding carboxylic acids is 3. The van der Waals surface area contributed by atoms with E-state index in [1.807, 2.05) is 0 Å². The zero-order valence-electron chi connectivity index (χ0n) is 16.9. The number of nitrogens with zero attached hydrogens (tertiary/aromatic N) is 1. The van der Waals surface area contributed by atoms with Gasteiger partial charge in [0.2, 0.25) is 10.0 Å². The van der Waals surface area contributed by atoms with Crippen molar-refractivity contribution < 1.29 is 27.5 Å². The van der Waals surface area contributed by atoms with E-state index < -0.39 is 34.4 Å². The number of sulfonamides is 1. The van der Waals surface area contributed by atoms with Crippen LogP contribution in [-0.4, -0.2) is 50.2 Å². The van der Waals surface area contributed by atoms with Gasteiger partial charge < -0.3 is 15.8 Å². The lowest BCUT2D eigenvalue weighted by atomic mass is 10.1. The van der Waals surface area contributed by atoms with Gasteiger partial charge in [-0.3, -0.25) is 9.59 Å². The molecule has 1 aromatic carbocycles. The van der Waals surface area contributed by atoms with Crippen LogP contribution in [0.3, 0.4) is 0 Å². The maximum atomic E-state index is 13.0. The van der Waals surface area contributed by atoms with Crippen molar-refractivity contribution in [2.24, 2.45) is 5.73 Å². The van der Waals surface area contributed by atoms with Crippen LogP contribution in [0.2, 0.25) is 0 Å². The molecule has 1 aliphatic heterocycles. The number of hydrogen-bond donors (Lipinski definition) is 2. The summed E-state index contributed by atoms with van der Waals surface area (Å²) in [7, 11) is -3.72. The Hall–Kier alpha value is -2.76. The Morgan fingerprint density at radius 1 is 1.16 bits per heavy atom. The van der Waals surface area contributed by atoms with E-state index in [1.165, 1.54) is 28.6 Å². The van der Waals surface area contributed by atoms with Crippen LogP contribution in [0.1, 0.15) is 45.5 Å². The zero-order chi connectivity index (χ0) is 22.6. The first-order valence-electron chi connectivity index (χ1n) is 9.65. The molecule has 11 heteroatoms. The van der Waals surface area contributed by atoms with Gasteiger partial charge in [0.15, 0.2) is 6.61 Å². The van der Waals surface area contributed by atoms with Crippen molar-refractivity contribution in [1.29, 1.82) is 0 Å². The van der Waals surface area contributed by atoms with E-state index in [-0.39, 0.29) is 21.0 Å². The highest BCUT2D eigenvalue weighted by Gasteiger charge is 2.28. The normalized spacial score (nSPS) is 14.7. The van der Waals surface area contributed by atoms with Crippen molar-refractivity contribution in [3.63, 3.8) is 0 Å². The van der Waals surface area contributed by atoms with Crippen LogP contribution in [0.25, 0.3) is 0 Å². The van der Waals surface area contributed by atoms with Gasteiger partial charge in [0.25, 0.3) is 11.8 Å². The second-order valence-electron chi connectivity index (χ2n) is 7.10. The number of nitrogens with two attached hydrogens (primary N) is 1. The number of primary amides is 1. The molecule has 0 atom stereocenters. The highest BCUT2D eigenvalue weighted by Crippen LogP contribution is 2.25. The summed E-state index contributed by atoms with van der Waals surface area (Å²) in [5.74, 6) is -2.16. The second kappa shape index (κ2) is 9.58. The van der Waals surface area contributed by atoms with E-state index in [4.69, 9.17) is 10.5 Å². The molecular weight excluding hydrogens is 442 g/mol. The lowest BCUT2D eigenvalue weighted by molar-refractivity contribution is -0.119. The van der Waals surface area contributed by atoms with Crippen LogP contribution in [-0.2, 0) is 19.6 Å². The minimum atomic E-state index is -3.72. The Morgan fingerprint density at radius 2 is 1.87 bits per heavy atom. The van der Waals surface area contributed by atoms with Gasteiger partial charge >= 0.3 is 5.97 Å². The largest absolute Gasteiger partial charge is 0.452 e. The summed E-state index contributed by atoms with van der Waals surface area (Å²) >= 11 is 1.11. The number of benzene rings is 1. The number of anilines is 1. The number of aryl methyl sites for hydroxylation is 1. The number of rotatable bonds is 7. The molecule has 9 nitrogen and oxygen atoms in total. The second-order valence-corrected chi connectivity index (χ2v) is 9.92. The minimum Gasteiger partial charge on any atom is -0.452 e. The van der Waals surface area contributed by atoms with Gasteiger partial charge in [-0.05, 0) is 48.9 Å². The molecule has 2 amide bonds. The molecule has 0 unspecified atom stereocenters. The minimum absolute atomic E-state index is 0.0305. The molecule has 3 N–H and O–H groups in total. The smallest absolute Gasteiger partial charge is 0.338 e. The molecule has 0 bridgehead atoms. The lowest BCUT2D eigenvalue weighted by Crippen LogP contribution is -2.36. The summed E-state index contributed by atoms with van der Waals surface area (Å²) in [5.41, 5.74) is 5.94. The number of piperidine rings is 1. The van der Waals surface area contributed by atoms with Crippen molar-refractivity contribution >= 4 is 44.1 Å². The number of esters is 1. The summed E-state index contributed by atoms with van der Waals surface area (Å²) in [6.07, 6.45) is 2.60. The maximum absolute atomic E-state index is 13.0. The van der Waals surface area contributed by atoms with Gasteiger partial charge in [0, 0.05) is 13.1 Å². The third-order valence-corrected chi connectivity index (χ3v) is 7.75. The molecule has 0 spiro atoms. The van der Waals surface area contributed by atoms with Crippen LogP contribution in [0.15, 0.2) is 34.5 Å². The monoisotopic (exact) mass is 465 g/mol. The van der Waals surface area contributed by atoms with Crippen molar-refractivity contribution in [3.8, 4) is 0 Å². The molecule has 3 rings (SSSR count). The Balaban J connectivity index is 1.68. The molecule has 1 saturated heterocycles. The first-order valence-corrected chi connectivity index (χ1v) is 12.0. The van der Waals surface area contributed by atoms with E-state index in [2.05, 4.69) is 5.32 Å².